The Bertz CT molecular complexity index is 1200. The number of ether oxygens (including phenoxy) is 1. The summed E-state index contributed by atoms with van der Waals surface area (Å²) in [6.07, 6.45) is 3.33. The molecule has 0 radical (unpaired) electrons. The molecule has 4 rings (SSSR count). The van der Waals surface area contributed by atoms with E-state index >= 15 is 0 Å². The highest BCUT2D eigenvalue weighted by molar-refractivity contribution is 9.10. The maximum absolute atomic E-state index is 12.3. The predicted octanol–water partition coefficient (Wildman–Crippen LogP) is 5.25. The number of aromatic nitrogens is 2. The van der Waals surface area contributed by atoms with E-state index in [-0.39, 0.29) is 5.91 Å². The summed E-state index contributed by atoms with van der Waals surface area (Å²) in [6.45, 7) is 0.574. The lowest BCUT2D eigenvalue weighted by molar-refractivity contribution is 0.0949. The van der Waals surface area contributed by atoms with Gasteiger partial charge in [-0.05, 0) is 53.6 Å². The van der Waals surface area contributed by atoms with Crippen LogP contribution in [0.4, 0.5) is 0 Å². The van der Waals surface area contributed by atoms with Gasteiger partial charge in [-0.15, -0.1) is 0 Å². The molecule has 6 nitrogen and oxygen atoms in total. The lowest BCUT2D eigenvalue weighted by Crippen LogP contribution is -2.18. The maximum Gasteiger partial charge on any atom is 0.291 e. The molecule has 0 fully saturated rings. The molecule has 1 heterocycles. The van der Waals surface area contributed by atoms with Crippen LogP contribution in [0, 0.1) is 0 Å². The molecule has 31 heavy (non-hydrogen) atoms. The molecule has 0 saturated carbocycles. The molecule has 0 unspecified atom stereocenters. The number of amides is 1. The van der Waals surface area contributed by atoms with Crippen LogP contribution in [0.15, 0.2) is 101 Å². The normalized spacial score (nSPS) is 10.9. The van der Waals surface area contributed by atoms with Gasteiger partial charge in [0.2, 0.25) is 0 Å². The molecule has 0 saturated heterocycles. The third kappa shape index (κ3) is 5.90. The average molecular weight is 475 g/mol. The summed E-state index contributed by atoms with van der Waals surface area (Å²) in [5.74, 6) is 1.07. The van der Waals surface area contributed by atoms with Gasteiger partial charge < -0.3 is 4.74 Å². The van der Waals surface area contributed by atoms with Gasteiger partial charge in [0.15, 0.2) is 5.69 Å². The Morgan fingerprint density at radius 2 is 1.81 bits per heavy atom. The fourth-order valence-corrected chi connectivity index (χ4v) is 3.35. The van der Waals surface area contributed by atoms with E-state index in [0.717, 1.165) is 21.3 Å². The Hall–Kier alpha value is -3.71. The molecule has 1 amide bonds. The van der Waals surface area contributed by atoms with Crippen molar-refractivity contribution in [1.82, 2.24) is 15.2 Å². The molecule has 0 atom stereocenters. The third-order valence-electron chi connectivity index (χ3n) is 4.32. The van der Waals surface area contributed by atoms with Crippen molar-refractivity contribution in [3.63, 3.8) is 0 Å². The highest BCUT2D eigenvalue weighted by Gasteiger charge is 2.09. The van der Waals surface area contributed by atoms with Crippen molar-refractivity contribution in [1.29, 1.82) is 0 Å². The number of nitrogens with zero attached hydrogens (tertiary/aromatic N) is 3. The van der Waals surface area contributed by atoms with E-state index in [4.69, 9.17) is 4.74 Å². The lowest BCUT2D eigenvalue weighted by Gasteiger charge is -2.05. The van der Waals surface area contributed by atoms with Crippen LogP contribution in [0.2, 0.25) is 0 Å². The smallest absolute Gasteiger partial charge is 0.291 e. The van der Waals surface area contributed by atoms with Crippen LogP contribution in [0.3, 0.4) is 0 Å². The number of hydrazone groups is 1. The first-order valence-corrected chi connectivity index (χ1v) is 10.4. The Kier molecular flexibility index (Phi) is 6.54. The molecule has 7 heteroatoms. The van der Waals surface area contributed by atoms with Crippen molar-refractivity contribution in [2.75, 3.05) is 0 Å². The van der Waals surface area contributed by atoms with Crippen molar-refractivity contribution in [2.45, 2.75) is 6.54 Å². The highest BCUT2D eigenvalue weighted by atomic mass is 79.9. The van der Waals surface area contributed by atoms with Crippen molar-refractivity contribution >= 4 is 28.1 Å². The number of carbonyl (C=O) groups excluding carboxylic acids is 1. The predicted molar refractivity (Wildman–Crippen MR) is 123 cm³/mol. The minimum absolute atomic E-state index is 0.299. The molecule has 0 spiro atoms. The van der Waals surface area contributed by atoms with Gasteiger partial charge in [0, 0.05) is 10.7 Å². The average Bonchev–Trinajstić information content (AvgIpc) is 3.23. The number of hydrogen-bond donors (Lipinski definition) is 1. The second-order valence-corrected chi connectivity index (χ2v) is 7.63. The molecule has 0 aliphatic rings. The van der Waals surface area contributed by atoms with Crippen molar-refractivity contribution in [3.8, 4) is 11.5 Å². The van der Waals surface area contributed by atoms with E-state index in [1.807, 2.05) is 78.9 Å². The summed E-state index contributed by atoms with van der Waals surface area (Å²) >= 11 is 3.45. The number of para-hydroxylation sites is 1. The molecule has 0 aliphatic carbocycles. The zero-order chi connectivity index (χ0) is 21.5. The van der Waals surface area contributed by atoms with Crippen LogP contribution in [0.5, 0.6) is 11.5 Å². The van der Waals surface area contributed by atoms with E-state index < -0.39 is 0 Å². The van der Waals surface area contributed by atoms with Crippen molar-refractivity contribution < 1.29 is 9.53 Å². The number of hydrogen-bond acceptors (Lipinski definition) is 4. The van der Waals surface area contributed by atoms with Crippen LogP contribution in [-0.2, 0) is 6.54 Å². The van der Waals surface area contributed by atoms with E-state index in [1.165, 1.54) is 0 Å². The fourth-order valence-electron chi connectivity index (χ4n) is 2.90. The van der Waals surface area contributed by atoms with Crippen molar-refractivity contribution in [3.05, 3.63) is 112 Å². The van der Waals surface area contributed by atoms with Gasteiger partial charge in [0.25, 0.3) is 5.91 Å². The van der Waals surface area contributed by atoms with E-state index in [9.17, 15) is 4.79 Å². The Morgan fingerprint density at radius 3 is 2.65 bits per heavy atom. The summed E-state index contributed by atoms with van der Waals surface area (Å²) < 4.78 is 8.53. The fraction of sp³-hybridized carbons (Fsp3) is 0.0417. The van der Waals surface area contributed by atoms with Crippen LogP contribution in [0.1, 0.15) is 21.6 Å². The standard InChI is InChI=1S/C24H19BrN4O2/c25-20-8-4-7-19(14-20)17-29-13-12-23(28-29)24(30)27-26-16-18-6-5-11-22(15-18)31-21-9-2-1-3-10-21/h1-16H,17H2,(H,27,30). The van der Waals surface area contributed by atoms with Gasteiger partial charge in [-0.3, -0.25) is 9.48 Å². The lowest BCUT2D eigenvalue weighted by atomic mass is 10.2. The Labute approximate surface area is 188 Å². The molecule has 0 bridgehead atoms. The molecule has 1 N–H and O–H groups in total. The number of rotatable bonds is 7. The molecular weight excluding hydrogens is 456 g/mol. The van der Waals surface area contributed by atoms with Crippen LogP contribution >= 0.6 is 15.9 Å². The number of nitrogens with one attached hydrogen (secondary N) is 1. The number of halogens is 1. The molecule has 3 aromatic carbocycles. The van der Waals surface area contributed by atoms with Crippen LogP contribution < -0.4 is 10.2 Å². The summed E-state index contributed by atoms with van der Waals surface area (Å²) in [5, 5.41) is 8.35. The summed E-state index contributed by atoms with van der Waals surface area (Å²) in [6, 6.07) is 26.6. The van der Waals surface area contributed by atoms with Gasteiger partial charge in [0.1, 0.15) is 11.5 Å². The minimum atomic E-state index is -0.374. The molecule has 1 aromatic heterocycles. The summed E-state index contributed by atoms with van der Waals surface area (Å²) in [4.78, 5) is 12.3. The van der Waals surface area contributed by atoms with Gasteiger partial charge in [-0.25, -0.2) is 5.43 Å². The van der Waals surface area contributed by atoms with Crippen LogP contribution in [-0.4, -0.2) is 21.9 Å². The Balaban J connectivity index is 1.34. The topological polar surface area (TPSA) is 68.5 Å². The summed E-state index contributed by atoms with van der Waals surface area (Å²) in [7, 11) is 0. The van der Waals surface area contributed by atoms with Gasteiger partial charge in [0.05, 0.1) is 12.8 Å². The number of benzene rings is 3. The molecule has 0 aliphatic heterocycles. The van der Waals surface area contributed by atoms with Gasteiger partial charge in [-0.1, -0.05) is 58.4 Å². The SMILES string of the molecule is O=C(NN=Cc1cccc(Oc2ccccc2)c1)c1ccn(Cc2cccc(Br)c2)n1. The quantitative estimate of drug-likeness (QED) is 0.293. The maximum atomic E-state index is 12.3. The minimum Gasteiger partial charge on any atom is -0.457 e. The molecule has 4 aromatic rings. The van der Waals surface area contributed by atoms with E-state index in [1.54, 1.807) is 23.2 Å². The first-order valence-electron chi connectivity index (χ1n) is 9.60. The highest BCUT2D eigenvalue weighted by Crippen LogP contribution is 2.21. The number of carbonyl (C=O) groups is 1. The van der Waals surface area contributed by atoms with Crippen molar-refractivity contribution in [2.24, 2.45) is 5.10 Å². The van der Waals surface area contributed by atoms with E-state index in [0.29, 0.717) is 18.0 Å². The largest absolute Gasteiger partial charge is 0.457 e. The third-order valence-corrected chi connectivity index (χ3v) is 4.82. The second-order valence-electron chi connectivity index (χ2n) is 6.72. The second kappa shape index (κ2) is 9.86. The zero-order valence-electron chi connectivity index (χ0n) is 16.5. The van der Waals surface area contributed by atoms with Gasteiger partial charge in [-0.2, -0.15) is 10.2 Å². The Morgan fingerprint density at radius 1 is 1.00 bits per heavy atom. The first-order chi connectivity index (χ1) is 15.2. The van der Waals surface area contributed by atoms with E-state index in [2.05, 4.69) is 31.6 Å². The molecule has 154 valence electrons. The van der Waals surface area contributed by atoms with Gasteiger partial charge >= 0.3 is 0 Å². The molecular formula is C24H19BrN4O2. The summed E-state index contributed by atoms with van der Waals surface area (Å²) in [5.41, 5.74) is 4.69. The van der Waals surface area contributed by atoms with Crippen LogP contribution in [0.25, 0.3) is 0 Å². The zero-order valence-corrected chi connectivity index (χ0v) is 18.1. The monoisotopic (exact) mass is 474 g/mol. The first kappa shape index (κ1) is 20.6.